The van der Waals surface area contributed by atoms with Crippen molar-refractivity contribution in [1.29, 1.82) is 0 Å². The molecule has 1 aliphatic rings. The van der Waals surface area contributed by atoms with E-state index in [2.05, 4.69) is 66.1 Å². The van der Waals surface area contributed by atoms with Crippen molar-refractivity contribution in [3.8, 4) is 75.1 Å². The number of primary amides is 7. The van der Waals surface area contributed by atoms with Gasteiger partial charge in [0.25, 0.3) is 41.4 Å². The van der Waals surface area contributed by atoms with Gasteiger partial charge in [0.1, 0.15) is 63.2 Å². The van der Waals surface area contributed by atoms with E-state index < -0.39 is 41.4 Å². The second kappa shape index (κ2) is 47.0. The summed E-state index contributed by atoms with van der Waals surface area (Å²) in [7, 11) is 1.75. The summed E-state index contributed by atoms with van der Waals surface area (Å²) in [5.41, 5.74) is 85.0. The number of nitrogens with one attached hydrogen (secondary N) is 1. The van der Waals surface area contributed by atoms with Crippen molar-refractivity contribution in [2.45, 2.75) is 13.0 Å². The number of amides is 7. The lowest BCUT2D eigenvalue weighted by atomic mass is 10.1. The number of anilines is 7. The number of ether oxygens (including phenoxy) is 2. The molecule has 0 atom stereocenters. The number of halogens is 1. The number of aliphatic hydroxyl groups excluding tert-OH is 1. The predicted molar refractivity (Wildman–Crippen MR) is 591 cm³/mol. The smallest absolute Gasteiger partial charge is 0.251 e. The van der Waals surface area contributed by atoms with Gasteiger partial charge in [-0.25, -0.2) is 55.5 Å². The van der Waals surface area contributed by atoms with Crippen LogP contribution in [0, 0.1) is 12.4 Å². The SMILES string of the molecule is CNc1ncc(C(N)=O)c2cc(-c3ccccc3)oc12.NC(=O)c1cnc(N)c2cc(-c3ccc(CO)cc3)sc12.NC(=O)c1cnc(N)c2cc(-c3ccc(OCCN4CCOCC4)cc3)sc12.NC(=O)c1cnc(N)c2cc(-c3ccccc3F)sc12.NC(=O)c1cnc(N)c2nc(-c3ccccc3)sc12.NC(=O)c1cnc(N)c2nn(-c3ccccc3)cc12.[C-]#[N+]CCc1cccc(-c2cc3c(N)ncc(C(N)=O)c3s2)c1. The molecule has 1 fully saturated rings. The average molecular weight is 2100 g/mol. The molecule has 0 spiro atoms. The lowest BCUT2D eigenvalue weighted by Gasteiger charge is -2.26. The van der Waals surface area contributed by atoms with Crippen molar-refractivity contribution in [2.24, 2.45) is 40.1 Å². The van der Waals surface area contributed by atoms with E-state index in [1.807, 2.05) is 182 Å². The summed E-state index contributed by atoms with van der Waals surface area (Å²) in [4.78, 5) is 122. The highest BCUT2D eigenvalue weighted by Gasteiger charge is 2.25. The summed E-state index contributed by atoms with van der Waals surface area (Å²) in [5.74, 6) is 0.0702. The number of carbonyl (C=O) groups is 7. The second-order valence-corrected chi connectivity index (χ2v) is 38.2. The molecular weight excluding hydrogens is 2000 g/mol. The van der Waals surface area contributed by atoms with Gasteiger partial charge >= 0.3 is 0 Å². The molecule has 754 valence electrons. The monoisotopic (exact) mass is 2100 g/mol. The molecular formula is C107H93FN26O11S5. The van der Waals surface area contributed by atoms with E-state index in [-0.39, 0.29) is 18.2 Å². The second-order valence-electron chi connectivity index (χ2n) is 33.0. The summed E-state index contributed by atoms with van der Waals surface area (Å²) in [6.45, 7) is 12.4. The number of thiazole rings is 1. The van der Waals surface area contributed by atoms with E-state index in [1.165, 1.54) is 106 Å². The summed E-state index contributed by atoms with van der Waals surface area (Å²) in [6, 6.07) is 68.1. The largest absolute Gasteiger partial charge is 0.492 e. The van der Waals surface area contributed by atoms with E-state index in [4.69, 9.17) is 100 Å². The predicted octanol–water partition coefficient (Wildman–Crippen LogP) is 16.2. The zero-order valence-corrected chi connectivity index (χ0v) is 83.7. The summed E-state index contributed by atoms with van der Waals surface area (Å²) >= 11 is 7.06. The van der Waals surface area contributed by atoms with Crippen LogP contribution in [-0.4, -0.2) is 154 Å². The number of nitrogens with two attached hydrogens (primary N) is 13. The first-order chi connectivity index (χ1) is 72.4. The van der Waals surface area contributed by atoms with Gasteiger partial charge in [-0.3, -0.25) is 38.5 Å². The molecule has 37 nitrogen and oxygen atoms in total. The number of hydrogen-bond donors (Lipinski definition) is 15. The molecule has 0 saturated carbocycles. The van der Waals surface area contributed by atoms with Crippen molar-refractivity contribution in [1.82, 2.24) is 54.6 Å². The number of pyridine rings is 7. The third-order valence-corrected chi connectivity index (χ3v) is 29.3. The van der Waals surface area contributed by atoms with Gasteiger partial charge in [-0.1, -0.05) is 146 Å². The normalized spacial score (nSPS) is 11.5. The summed E-state index contributed by atoms with van der Waals surface area (Å²) in [5, 5.41) is 21.3. The number of benzene rings is 7. The Labute approximate surface area is 873 Å². The van der Waals surface area contributed by atoms with Gasteiger partial charge in [0.2, 0.25) is 6.54 Å². The molecule has 0 bridgehead atoms. The molecule has 1 aliphatic heterocycles. The Kier molecular flexibility index (Phi) is 32.6. The van der Waals surface area contributed by atoms with Gasteiger partial charge in [0.15, 0.2) is 23.0 Å². The minimum Gasteiger partial charge on any atom is -0.492 e. The molecule has 150 heavy (non-hydrogen) atoms. The van der Waals surface area contributed by atoms with Crippen LogP contribution in [-0.2, 0) is 17.8 Å². The zero-order valence-electron chi connectivity index (χ0n) is 79.6. The Balaban J connectivity index is 0.000000125. The number of thiophene rings is 4. The highest BCUT2D eigenvalue weighted by atomic mass is 32.1. The van der Waals surface area contributed by atoms with Crippen molar-refractivity contribution < 1.29 is 56.9 Å². The lowest BCUT2D eigenvalue weighted by Crippen LogP contribution is -2.38. The number of nitrogen functional groups attached to an aromatic ring is 6. The Morgan fingerprint density at radius 2 is 0.860 bits per heavy atom. The van der Waals surface area contributed by atoms with Crippen LogP contribution in [0.4, 0.5) is 45.1 Å². The van der Waals surface area contributed by atoms with Gasteiger partial charge in [0, 0.05) is 151 Å². The van der Waals surface area contributed by atoms with Crippen LogP contribution in [0.3, 0.4) is 0 Å². The Morgan fingerprint density at radius 1 is 0.433 bits per heavy atom. The zero-order chi connectivity index (χ0) is 106. The summed E-state index contributed by atoms with van der Waals surface area (Å²) in [6.07, 6.45) is 12.3. The van der Waals surface area contributed by atoms with E-state index in [0.717, 1.165) is 140 Å². The number of morpholine rings is 1. The summed E-state index contributed by atoms with van der Waals surface area (Å²) < 4.78 is 36.1. The first-order valence-electron chi connectivity index (χ1n) is 45.6. The van der Waals surface area contributed by atoms with Crippen molar-refractivity contribution in [3.63, 3.8) is 0 Å². The fraction of sp³-hybridized carbons (Fsp3) is 0.0935. The highest BCUT2D eigenvalue weighted by Crippen LogP contribution is 2.44. The molecule has 43 heteroatoms. The van der Waals surface area contributed by atoms with E-state index in [1.54, 1.807) is 42.2 Å². The van der Waals surface area contributed by atoms with Crippen LogP contribution in [0.5, 0.6) is 5.75 Å². The Bertz CT molecular complexity index is 8560. The molecule has 0 radical (unpaired) electrons. The number of hydrogen-bond acceptors (Lipinski definition) is 33. The maximum absolute atomic E-state index is 13.8. The Hall–Kier alpha value is -18.7. The number of rotatable bonds is 22. The maximum Gasteiger partial charge on any atom is 0.251 e. The minimum absolute atomic E-state index is 0.00931. The number of nitrogens with zero attached hydrogens (tertiary/aromatic N) is 12. The average Bonchev–Trinajstić information content (AvgIpc) is 1.66. The number of furan rings is 1. The lowest BCUT2D eigenvalue weighted by molar-refractivity contribution is 0.0322. The van der Waals surface area contributed by atoms with E-state index in [0.29, 0.717) is 145 Å². The van der Waals surface area contributed by atoms with Gasteiger partial charge < -0.3 is 104 Å². The third kappa shape index (κ3) is 23.8. The van der Waals surface area contributed by atoms with E-state index in [9.17, 15) is 38.0 Å². The first kappa shape index (κ1) is 104. The minimum atomic E-state index is -0.579. The number of aliphatic hydroxyl groups is 1. The van der Waals surface area contributed by atoms with Crippen LogP contribution in [0.1, 0.15) is 83.6 Å². The van der Waals surface area contributed by atoms with E-state index >= 15 is 0 Å². The van der Waals surface area contributed by atoms with Gasteiger partial charge in [-0.05, 0) is 101 Å². The fourth-order valence-corrected chi connectivity index (χ4v) is 21.5. The molecule has 21 aromatic rings. The van der Waals surface area contributed by atoms with Crippen molar-refractivity contribution in [2.75, 3.05) is 92.8 Å². The molecule has 14 aromatic heterocycles. The number of fused-ring (bicyclic) bond motifs is 7. The topological polar surface area (TPSA) is 650 Å². The standard InChI is InChI=1S/C20H22N4O3S.C17H14N4OS.C15H13N3O2S.C15H13N3O2.C14H10FN3OS.C13H11N5O.C13H10N4OS/c21-19-15-11-17(28-18(15)16(12-23-19)20(22)25)13-1-3-14(4-2-13)27-10-7-24-5-8-26-9-6-24;1-20-6-5-10-3-2-4-11(7-10)14-8-12-15(23-14)13(17(19)22)9-21-16(12)18;16-14-10-5-12(9-3-1-8(7-19)2-4-9)21-13(10)11(6-18-14)15(17)20;1-17-15-13-10(11(8-18-15)14(16)19)7-12(20-13)9-5-3-2-4-6-9;15-10-4-2-1-3-7(10)11-5-8-12(20-11)9(14(17)19)6-18-13(8)16;14-12-11-10(9(6-16-12)13(15)19)7-18(17-11)8-4-2-1-3-5-8;14-11-9-10(8(6-16-11)12(15)18)19-13(17-9)7-4-2-1-3-5-7/h1-4,11-12H,5-10H2,(H2,21,23)(H2,22,25);2-4,7-9H,5-6H2,(H2,18,21)(H2,19,22);1-6,19H,7H2,(H2,16,18)(H2,17,20);2-8H,1H3,(H2,16,19)(H,17,18);1-6H,(H2,16,18)(H2,17,19);1-7H,(H2,14,16)(H2,15,19);1-6H,(H2,14,16)(H2,15,18). The molecule has 22 rings (SSSR count). The maximum atomic E-state index is 13.8. The van der Waals surface area contributed by atoms with Crippen molar-refractivity contribution in [3.05, 3.63) is 335 Å². The van der Waals surface area contributed by atoms with Crippen LogP contribution < -0.4 is 84.6 Å². The highest BCUT2D eigenvalue weighted by molar-refractivity contribution is 7.24. The van der Waals surface area contributed by atoms with Crippen LogP contribution >= 0.6 is 56.7 Å². The fourth-order valence-electron chi connectivity index (χ4n) is 15.7. The Morgan fingerprint density at radius 3 is 1.35 bits per heavy atom. The van der Waals surface area contributed by atoms with Crippen molar-refractivity contribution >= 4 is 211 Å². The molecule has 7 amide bonds. The van der Waals surface area contributed by atoms with Gasteiger partial charge in [-0.15, -0.1) is 56.7 Å². The van der Waals surface area contributed by atoms with Gasteiger partial charge in [-0.2, -0.15) is 5.10 Å². The molecule has 1 saturated heterocycles. The molecule has 15 heterocycles. The molecule has 0 aliphatic carbocycles. The third-order valence-electron chi connectivity index (χ3n) is 23.3. The molecule has 7 aromatic carbocycles. The quantitative estimate of drug-likeness (QED) is 0.0280. The number of carbonyl (C=O) groups excluding carboxylic acids is 7. The number of para-hydroxylation sites is 1. The van der Waals surface area contributed by atoms with Crippen LogP contribution in [0.2, 0.25) is 0 Å². The van der Waals surface area contributed by atoms with Crippen LogP contribution in [0.15, 0.2) is 272 Å². The molecule has 28 N–H and O–H groups in total. The van der Waals surface area contributed by atoms with Gasteiger partial charge in [0.05, 0.1) is 88.0 Å². The first-order valence-corrected chi connectivity index (χ1v) is 49.7. The van der Waals surface area contributed by atoms with Crippen LogP contribution in [0.25, 0.3) is 147 Å². The molecule has 0 unspecified atom stereocenters. The number of aromatic nitrogens is 10.